The first-order chi connectivity index (χ1) is 18.6. The van der Waals surface area contributed by atoms with Gasteiger partial charge in [0.15, 0.2) is 11.5 Å². The molecule has 8 nitrogen and oxygen atoms in total. The highest BCUT2D eigenvalue weighted by Gasteiger charge is 2.20. The number of piperazine rings is 1. The zero-order valence-electron chi connectivity index (χ0n) is 22.4. The van der Waals surface area contributed by atoms with Gasteiger partial charge >= 0.3 is 5.97 Å². The molecular weight excluding hydrogens is 484 g/mol. The Bertz CT molecular complexity index is 1190. The number of carbonyl (C=O) groups excluding carboxylic acids is 1. The van der Waals surface area contributed by atoms with E-state index in [4.69, 9.17) is 23.7 Å². The standard InChI is InChI=1S/C30H36N2O6/c1-34-27-14-7-5-12-25(27)32-19-17-31(18-20-32)16-9-21-37-30(33)24-11-4-6-13-26(24)38-22-23-10-8-15-28(35-2)29(23)36-3/h4-8,10-15H,9,16-22H2,1-3H3. The van der Waals surface area contributed by atoms with Crippen LogP contribution in [0.2, 0.25) is 0 Å². The monoisotopic (exact) mass is 520 g/mol. The molecule has 0 unspecified atom stereocenters. The molecule has 1 fully saturated rings. The topological polar surface area (TPSA) is 69.7 Å². The van der Waals surface area contributed by atoms with Crippen molar-refractivity contribution in [3.05, 3.63) is 77.9 Å². The Kier molecular flexibility index (Phi) is 9.70. The molecule has 1 saturated heterocycles. The number of rotatable bonds is 12. The summed E-state index contributed by atoms with van der Waals surface area (Å²) < 4.78 is 27.9. The SMILES string of the molecule is COc1ccccc1N1CCN(CCCOC(=O)c2ccccc2OCc2cccc(OC)c2OC)CC1. The van der Waals surface area contributed by atoms with Gasteiger partial charge in [0.1, 0.15) is 23.7 Å². The van der Waals surface area contributed by atoms with E-state index in [-0.39, 0.29) is 12.6 Å². The molecular formula is C30H36N2O6. The van der Waals surface area contributed by atoms with Gasteiger partial charge in [-0.05, 0) is 36.8 Å². The number of carbonyl (C=O) groups is 1. The zero-order chi connectivity index (χ0) is 26.7. The molecule has 0 amide bonds. The molecule has 8 heteroatoms. The fourth-order valence-electron chi connectivity index (χ4n) is 4.62. The molecule has 3 aromatic rings. The fourth-order valence-corrected chi connectivity index (χ4v) is 4.62. The Morgan fingerprint density at radius 3 is 2.18 bits per heavy atom. The Balaban J connectivity index is 1.24. The van der Waals surface area contributed by atoms with Crippen molar-refractivity contribution < 1.29 is 28.5 Å². The smallest absolute Gasteiger partial charge is 0.341 e. The quantitative estimate of drug-likeness (QED) is 0.252. The van der Waals surface area contributed by atoms with Crippen LogP contribution in [-0.4, -0.2) is 71.5 Å². The van der Waals surface area contributed by atoms with Crippen LogP contribution in [0.4, 0.5) is 5.69 Å². The van der Waals surface area contributed by atoms with Gasteiger partial charge in [0.25, 0.3) is 0 Å². The minimum atomic E-state index is -0.390. The van der Waals surface area contributed by atoms with Crippen molar-refractivity contribution in [3.8, 4) is 23.0 Å². The molecule has 1 heterocycles. The molecule has 0 aromatic heterocycles. The van der Waals surface area contributed by atoms with Gasteiger partial charge < -0.3 is 28.6 Å². The van der Waals surface area contributed by atoms with Gasteiger partial charge in [-0.25, -0.2) is 4.79 Å². The van der Waals surface area contributed by atoms with E-state index in [0.717, 1.165) is 56.1 Å². The van der Waals surface area contributed by atoms with E-state index >= 15 is 0 Å². The first-order valence-electron chi connectivity index (χ1n) is 12.8. The van der Waals surface area contributed by atoms with Crippen LogP contribution in [0.1, 0.15) is 22.3 Å². The molecule has 1 aliphatic heterocycles. The summed E-state index contributed by atoms with van der Waals surface area (Å²) in [5.74, 6) is 2.22. The van der Waals surface area contributed by atoms with E-state index in [2.05, 4.69) is 15.9 Å². The summed E-state index contributed by atoms with van der Waals surface area (Å²) in [6, 6.07) is 20.8. The number of para-hydroxylation sites is 4. The second-order valence-corrected chi connectivity index (χ2v) is 8.93. The molecule has 0 radical (unpaired) electrons. The Morgan fingerprint density at radius 2 is 1.45 bits per heavy atom. The highest BCUT2D eigenvalue weighted by Crippen LogP contribution is 2.32. The van der Waals surface area contributed by atoms with Crippen molar-refractivity contribution in [2.45, 2.75) is 13.0 Å². The van der Waals surface area contributed by atoms with Crippen LogP contribution in [0.3, 0.4) is 0 Å². The third-order valence-corrected chi connectivity index (χ3v) is 6.62. The molecule has 1 aliphatic rings. The summed E-state index contributed by atoms with van der Waals surface area (Å²) in [6.45, 7) is 5.23. The number of methoxy groups -OCH3 is 3. The van der Waals surface area contributed by atoms with E-state index in [0.29, 0.717) is 29.4 Å². The largest absolute Gasteiger partial charge is 0.495 e. The summed E-state index contributed by atoms with van der Waals surface area (Å²) in [4.78, 5) is 17.6. The molecule has 0 spiro atoms. The number of esters is 1. The first kappa shape index (κ1) is 27.1. The summed E-state index contributed by atoms with van der Waals surface area (Å²) in [6.07, 6.45) is 0.768. The van der Waals surface area contributed by atoms with Crippen molar-refractivity contribution in [2.24, 2.45) is 0 Å². The van der Waals surface area contributed by atoms with Gasteiger partial charge in [0.05, 0.1) is 33.6 Å². The van der Waals surface area contributed by atoms with Crippen molar-refractivity contribution in [2.75, 3.05) is 65.6 Å². The number of hydrogen-bond acceptors (Lipinski definition) is 8. The molecule has 0 bridgehead atoms. The van der Waals surface area contributed by atoms with E-state index in [9.17, 15) is 4.79 Å². The summed E-state index contributed by atoms with van der Waals surface area (Å²) >= 11 is 0. The number of hydrogen-bond donors (Lipinski definition) is 0. The lowest BCUT2D eigenvalue weighted by molar-refractivity contribution is 0.0482. The number of anilines is 1. The summed E-state index contributed by atoms with van der Waals surface area (Å²) in [5.41, 5.74) is 2.36. The van der Waals surface area contributed by atoms with Crippen molar-refractivity contribution >= 4 is 11.7 Å². The summed E-state index contributed by atoms with van der Waals surface area (Å²) in [5, 5.41) is 0. The Labute approximate surface area is 224 Å². The summed E-state index contributed by atoms with van der Waals surface area (Å²) in [7, 11) is 4.89. The van der Waals surface area contributed by atoms with Crippen molar-refractivity contribution in [3.63, 3.8) is 0 Å². The van der Waals surface area contributed by atoms with Gasteiger partial charge in [-0.3, -0.25) is 4.90 Å². The lowest BCUT2D eigenvalue weighted by Gasteiger charge is -2.36. The average molecular weight is 521 g/mol. The first-order valence-corrected chi connectivity index (χ1v) is 12.8. The number of nitrogens with zero attached hydrogens (tertiary/aromatic N) is 2. The van der Waals surface area contributed by atoms with Crippen LogP contribution in [-0.2, 0) is 11.3 Å². The predicted molar refractivity (Wildman–Crippen MR) is 147 cm³/mol. The van der Waals surface area contributed by atoms with Crippen molar-refractivity contribution in [1.29, 1.82) is 0 Å². The highest BCUT2D eigenvalue weighted by molar-refractivity contribution is 5.92. The molecule has 0 N–H and O–H groups in total. The van der Waals surface area contributed by atoms with Crippen LogP contribution < -0.4 is 23.8 Å². The lowest BCUT2D eigenvalue weighted by atomic mass is 10.2. The third-order valence-electron chi connectivity index (χ3n) is 6.62. The molecule has 38 heavy (non-hydrogen) atoms. The van der Waals surface area contributed by atoms with Crippen LogP contribution in [0.5, 0.6) is 23.0 Å². The average Bonchev–Trinajstić information content (AvgIpc) is 2.98. The van der Waals surface area contributed by atoms with Gasteiger partial charge in [0, 0.05) is 38.3 Å². The van der Waals surface area contributed by atoms with Gasteiger partial charge in [0.2, 0.25) is 0 Å². The Morgan fingerprint density at radius 1 is 0.763 bits per heavy atom. The van der Waals surface area contributed by atoms with E-state index in [1.54, 1.807) is 39.5 Å². The van der Waals surface area contributed by atoms with Gasteiger partial charge in [-0.1, -0.05) is 36.4 Å². The minimum absolute atomic E-state index is 0.228. The molecule has 202 valence electrons. The van der Waals surface area contributed by atoms with Crippen LogP contribution in [0.25, 0.3) is 0 Å². The molecule has 0 atom stereocenters. The lowest BCUT2D eigenvalue weighted by Crippen LogP contribution is -2.46. The maximum absolute atomic E-state index is 12.8. The fraction of sp³-hybridized carbons (Fsp3) is 0.367. The van der Waals surface area contributed by atoms with Crippen LogP contribution in [0.15, 0.2) is 66.7 Å². The van der Waals surface area contributed by atoms with Gasteiger partial charge in [-0.2, -0.15) is 0 Å². The number of ether oxygens (including phenoxy) is 5. The van der Waals surface area contributed by atoms with Crippen LogP contribution >= 0.6 is 0 Å². The second-order valence-electron chi connectivity index (χ2n) is 8.93. The third kappa shape index (κ3) is 6.69. The molecule has 0 aliphatic carbocycles. The molecule has 0 saturated carbocycles. The molecule has 4 rings (SSSR count). The predicted octanol–water partition coefficient (Wildman–Crippen LogP) is 4.66. The minimum Gasteiger partial charge on any atom is -0.495 e. The number of benzene rings is 3. The van der Waals surface area contributed by atoms with Crippen molar-refractivity contribution in [1.82, 2.24) is 4.90 Å². The zero-order valence-corrected chi connectivity index (χ0v) is 22.4. The second kappa shape index (κ2) is 13.6. The molecule has 3 aromatic carbocycles. The van der Waals surface area contributed by atoms with Gasteiger partial charge in [-0.15, -0.1) is 0 Å². The van der Waals surface area contributed by atoms with E-state index in [1.165, 1.54) is 0 Å². The maximum atomic E-state index is 12.8. The highest BCUT2D eigenvalue weighted by atomic mass is 16.5. The van der Waals surface area contributed by atoms with E-state index in [1.807, 2.05) is 42.5 Å². The normalized spacial score (nSPS) is 13.6. The Hall–Kier alpha value is -3.91. The maximum Gasteiger partial charge on any atom is 0.341 e. The van der Waals surface area contributed by atoms with Crippen LogP contribution in [0, 0.1) is 0 Å². The van der Waals surface area contributed by atoms with E-state index < -0.39 is 0 Å².